The molecule has 6 aliphatic rings. The van der Waals surface area contributed by atoms with Gasteiger partial charge in [0.15, 0.2) is 9.84 Å². The van der Waals surface area contributed by atoms with Crippen molar-refractivity contribution in [3.63, 3.8) is 0 Å². The fourth-order valence-corrected chi connectivity index (χ4v) is 16.9. The van der Waals surface area contributed by atoms with Crippen molar-refractivity contribution in [2.24, 2.45) is 56.7 Å². The van der Waals surface area contributed by atoms with E-state index in [4.69, 9.17) is 4.74 Å². The first-order valence-electron chi connectivity index (χ1n) is 22.9. The number of rotatable bonds is 13. The van der Waals surface area contributed by atoms with Crippen molar-refractivity contribution in [3.8, 4) is 0 Å². The number of ether oxygens (including phenoxy) is 1. The minimum absolute atomic E-state index is 0.0819. The van der Waals surface area contributed by atoms with Gasteiger partial charge in [-0.15, -0.1) is 0 Å². The number of allylic oxidation sites excluding steroid dienone is 1. The molecule has 1 heterocycles. The van der Waals surface area contributed by atoms with Crippen molar-refractivity contribution >= 4 is 31.8 Å². The van der Waals surface area contributed by atoms with Crippen molar-refractivity contribution in [3.05, 3.63) is 12.2 Å². The van der Waals surface area contributed by atoms with Crippen LogP contribution >= 0.6 is 0 Å². The number of aliphatic carboxylic acids is 1. The maximum atomic E-state index is 13.2. The first kappa shape index (κ1) is 47.0. The second-order valence-corrected chi connectivity index (χ2v) is 27.3. The number of nitrogens with one attached hydrogen (secondary N) is 2. The van der Waals surface area contributed by atoms with Crippen LogP contribution in [0.2, 0.25) is 0 Å². The number of hydrogen-bond donors (Lipinski definition) is 3. The Hall–Kier alpha value is -1.54. The molecule has 0 amide bonds. The van der Waals surface area contributed by atoms with E-state index >= 15 is 0 Å². The molecule has 1 saturated heterocycles. The lowest BCUT2D eigenvalue weighted by Gasteiger charge is -2.73. The molecule has 11 nitrogen and oxygen atoms in total. The van der Waals surface area contributed by atoms with Gasteiger partial charge in [0.05, 0.1) is 28.6 Å². The number of sulfone groups is 1. The van der Waals surface area contributed by atoms with Gasteiger partial charge in [-0.2, -0.15) is 0 Å². The summed E-state index contributed by atoms with van der Waals surface area (Å²) in [5, 5.41) is 13.3. The SMILES string of the molecule is C=C(C)[C@@H]1CC[C@]2(NC[C@H]([C@@H](C)NS(=O)(=O)C(C)C)N3CCS(=O)(=O)CC3)CC[C@]3(C)[C@H](CC[C@@H]4[C@@]5(C)CC[C@H](OC(=O)CC(C)(C)C(=O)O)C(C)(C)[C@@H]5CC[C@]43C)[C@@H]12. The molecule has 0 unspecified atom stereocenters. The van der Waals surface area contributed by atoms with Crippen LogP contribution < -0.4 is 10.0 Å². The van der Waals surface area contributed by atoms with E-state index in [9.17, 15) is 31.5 Å². The summed E-state index contributed by atoms with van der Waals surface area (Å²) >= 11 is 0. The van der Waals surface area contributed by atoms with E-state index in [1.54, 1.807) is 27.7 Å². The molecule has 13 heteroatoms. The van der Waals surface area contributed by atoms with Gasteiger partial charge >= 0.3 is 11.9 Å². The van der Waals surface area contributed by atoms with Crippen molar-refractivity contribution in [1.82, 2.24) is 14.9 Å². The number of carboxylic acid groups (broad SMARTS) is 1. The molecule has 338 valence electrons. The third-order valence-corrected chi connectivity index (χ3v) is 22.1. The van der Waals surface area contributed by atoms with Crippen LogP contribution in [0.5, 0.6) is 0 Å². The lowest BCUT2D eigenvalue weighted by molar-refractivity contribution is -0.246. The van der Waals surface area contributed by atoms with Gasteiger partial charge in [0.25, 0.3) is 0 Å². The lowest BCUT2D eigenvalue weighted by Crippen LogP contribution is -2.69. The third kappa shape index (κ3) is 8.14. The van der Waals surface area contributed by atoms with Crippen LogP contribution in [-0.4, -0.2) is 98.9 Å². The molecular formula is C46H79N3O8S2. The Morgan fingerprint density at radius 3 is 2.14 bits per heavy atom. The quantitative estimate of drug-likeness (QED) is 0.128. The molecular weight excluding hydrogens is 787 g/mol. The molecule has 12 atom stereocenters. The van der Waals surface area contributed by atoms with E-state index in [0.717, 1.165) is 64.2 Å². The van der Waals surface area contributed by atoms with Crippen LogP contribution in [0.15, 0.2) is 12.2 Å². The number of carbonyl (C=O) groups excluding carboxylic acids is 1. The molecule has 3 N–H and O–H groups in total. The van der Waals surface area contributed by atoms with Gasteiger partial charge < -0.3 is 15.2 Å². The normalized spacial score (nSPS) is 40.5. The topological polar surface area (TPSA) is 159 Å². The average molecular weight is 866 g/mol. The summed E-state index contributed by atoms with van der Waals surface area (Å²) in [6.45, 7) is 29.0. The average Bonchev–Trinajstić information content (AvgIpc) is 3.50. The number of sulfonamides is 1. The van der Waals surface area contributed by atoms with Crippen molar-refractivity contribution in [2.75, 3.05) is 31.1 Å². The lowest BCUT2D eigenvalue weighted by atomic mass is 9.32. The Kier molecular flexibility index (Phi) is 12.7. The summed E-state index contributed by atoms with van der Waals surface area (Å²) < 4.78 is 60.5. The Bertz CT molecular complexity index is 1850. The minimum atomic E-state index is -3.54. The molecule has 0 spiro atoms. The highest BCUT2D eigenvalue weighted by molar-refractivity contribution is 7.91. The molecule has 6 rings (SSSR count). The number of carboxylic acids is 1. The minimum Gasteiger partial charge on any atom is -0.481 e. The van der Waals surface area contributed by atoms with Gasteiger partial charge in [0.2, 0.25) is 10.0 Å². The summed E-state index contributed by atoms with van der Waals surface area (Å²) in [5.41, 5.74) is 0.0240. The molecule has 0 radical (unpaired) electrons. The zero-order valence-corrected chi connectivity index (χ0v) is 39.9. The van der Waals surface area contributed by atoms with Gasteiger partial charge in [-0.05, 0) is 152 Å². The number of esters is 1. The predicted molar refractivity (Wildman–Crippen MR) is 234 cm³/mol. The third-order valence-electron chi connectivity index (χ3n) is 18.5. The van der Waals surface area contributed by atoms with Gasteiger partial charge in [-0.3, -0.25) is 14.5 Å². The summed E-state index contributed by atoms with van der Waals surface area (Å²) in [6, 6.07) is -0.599. The van der Waals surface area contributed by atoms with Crippen LogP contribution in [0.3, 0.4) is 0 Å². The molecule has 1 aliphatic heterocycles. The van der Waals surface area contributed by atoms with E-state index in [-0.39, 0.29) is 57.3 Å². The fourth-order valence-electron chi connectivity index (χ4n) is 14.7. The van der Waals surface area contributed by atoms with Crippen molar-refractivity contribution in [2.45, 2.75) is 176 Å². The Morgan fingerprint density at radius 1 is 0.898 bits per heavy atom. The Morgan fingerprint density at radius 2 is 1.54 bits per heavy atom. The van der Waals surface area contributed by atoms with Gasteiger partial charge in [0, 0.05) is 42.7 Å². The molecule has 59 heavy (non-hydrogen) atoms. The molecule has 0 aromatic rings. The molecule has 0 bridgehead atoms. The zero-order valence-electron chi connectivity index (χ0n) is 38.3. The molecule has 5 saturated carbocycles. The number of carbonyl (C=O) groups is 2. The monoisotopic (exact) mass is 866 g/mol. The van der Waals surface area contributed by atoms with Gasteiger partial charge in [0.1, 0.15) is 6.10 Å². The maximum Gasteiger partial charge on any atom is 0.309 e. The number of fused-ring (bicyclic) bond motifs is 7. The highest BCUT2D eigenvalue weighted by Gasteiger charge is 2.71. The van der Waals surface area contributed by atoms with Crippen LogP contribution in [0.25, 0.3) is 0 Å². The second-order valence-electron chi connectivity index (χ2n) is 22.7. The number of nitrogens with zero attached hydrogens (tertiary/aromatic N) is 1. The van der Waals surface area contributed by atoms with E-state index in [0.29, 0.717) is 49.2 Å². The summed E-state index contributed by atoms with van der Waals surface area (Å²) in [7, 11) is -6.65. The summed E-state index contributed by atoms with van der Waals surface area (Å²) in [4.78, 5) is 27.2. The van der Waals surface area contributed by atoms with Gasteiger partial charge in [-0.25, -0.2) is 21.6 Å². The first-order valence-corrected chi connectivity index (χ1v) is 26.2. The smallest absolute Gasteiger partial charge is 0.309 e. The summed E-state index contributed by atoms with van der Waals surface area (Å²) in [5.74, 6) is 0.953. The van der Waals surface area contributed by atoms with Crippen LogP contribution in [0, 0.1) is 56.7 Å². The molecule has 5 aliphatic carbocycles. The van der Waals surface area contributed by atoms with Crippen LogP contribution in [0.4, 0.5) is 0 Å². The predicted octanol–water partition coefficient (Wildman–Crippen LogP) is 7.21. The van der Waals surface area contributed by atoms with E-state index in [1.807, 2.05) is 6.92 Å². The zero-order chi connectivity index (χ0) is 43.9. The Labute approximate surface area is 357 Å². The van der Waals surface area contributed by atoms with Crippen molar-refractivity contribution in [1.29, 1.82) is 0 Å². The van der Waals surface area contributed by atoms with E-state index in [1.165, 1.54) is 5.57 Å². The molecule has 6 fully saturated rings. The van der Waals surface area contributed by atoms with Crippen molar-refractivity contribution < 1.29 is 36.3 Å². The van der Waals surface area contributed by atoms with Crippen LogP contribution in [-0.2, 0) is 34.2 Å². The fraction of sp³-hybridized carbons (Fsp3) is 0.913. The summed E-state index contributed by atoms with van der Waals surface area (Å²) in [6.07, 6.45) is 10.2. The molecule has 0 aromatic heterocycles. The van der Waals surface area contributed by atoms with E-state index in [2.05, 4.69) is 63.1 Å². The standard InChI is InChI=1S/C46H79N3O8S2/c1-29(2)32-15-20-46(47-28-34(31(5)48-59(55,56)30(3)4)49-23-25-58(53,54)26-24-49)22-21-44(11)33(39(32)46)13-14-36-43(10)18-17-37(57-38(50)27-41(6,7)40(51)52)42(8,9)35(43)16-19-45(36,44)12/h30-37,39,47-48H,1,13-28H2,2-12H3,(H,51,52)/t31-,32+,33-,34-,35+,36-,37+,39-,43+,44-,45-,46+/m1/s1. The highest BCUT2D eigenvalue weighted by atomic mass is 32.2. The Balaban J connectivity index is 1.25. The highest BCUT2D eigenvalue weighted by Crippen LogP contribution is 2.76. The number of hydrogen-bond acceptors (Lipinski definition) is 9. The first-order chi connectivity index (χ1) is 27.1. The largest absolute Gasteiger partial charge is 0.481 e. The maximum absolute atomic E-state index is 13.2. The van der Waals surface area contributed by atoms with Gasteiger partial charge in [-0.1, -0.05) is 46.8 Å². The van der Waals surface area contributed by atoms with E-state index < -0.39 is 48.5 Å². The van der Waals surface area contributed by atoms with Crippen LogP contribution in [0.1, 0.15) is 147 Å². The molecule has 0 aromatic carbocycles. The second kappa shape index (κ2) is 15.9.